The van der Waals surface area contributed by atoms with Gasteiger partial charge in [-0.25, -0.2) is 0 Å². The molecular formula is C6H13ClO3. The van der Waals surface area contributed by atoms with Crippen LogP contribution in [0.4, 0.5) is 0 Å². The van der Waals surface area contributed by atoms with E-state index in [0.717, 1.165) is 0 Å². The van der Waals surface area contributed by atoms with Crippen molar-refractivity contribution in [2.45, 2.75) is 26.4 Å². The third kappa shape index (κ3) is 4.99. The highest BCUT2D eigenvalue weighted by Crippen LogP contribution is 1.98. The molecule has 2 unspecified atom stereocenters. The molecule has 0 fully saturated rings. The van der Waals surface area contributed by atoms with Crippen LogP contribution in [-0.4, -0.2) is 30.2 Å². The third-order valence-electron chi connectivity index (χ3n) is 0.882. The van der Waals surface area contributed by atoms with Gasteiger partial charge in [0, 0.05) is 6.61 Å². The molecule has 0 aromatic carbocycles. The summed E-state index contributed by atoms with van der Waals surface area (Å²) in [5, 5.41) is 8.82. The maximum absolute atomic E-state index is 8.82. The van der Waals surface area contributed by atoms with Gasteiger partial charge in [-0.2, -0.15) is 0 Å². The van der Waals surface area contributed by atoms with E-state index in [9.17, 15) is 0 Å². The van der Waals surface area contributed by atoms with Crippen molar-refractivity contribution in [3.05, 3.63) is 0 Å². The molecule has 3 nitrogen and oxygen atoms in total. The zero-order valence-electron chi connectivity index (χ0n) is 6.21. The summed E-state index contributed by atoms with van der Waals surface area (Å²) in [4.78, 5) is 0. The average Bonchev–Trinajstić information content (AvgIpc) is 1.88. The SMILES string of the molecule is CCOC(C)OC(O)CCl. The first kappa shape index (κ1) is 10.2. The van der Waals surface area contributed by atoms with Crippen molar-refractivity contribution in [2.75, 3.05) is 12.5 Å². The molecule has 10 heavy (non-hydrogen) atoms. The van der Waals surface area contributed by atoms with Gasteiger partial charge in [-0.05, 0) is 13.8 Å². The lowest BCUT2D eigenvalue weighted by Gasteiger charge is -2.15. The third-order valence-corrected chi connectivity index (χ3v) is 1.15. The van der Waals surface area contributed by atoms with Crippen LogP contribution >= 0.6 is 11.6 Å². The fourth-order valence-corrected chi connectivity index (χ4v) is 0.604. The summed E-state index contributed by atoms with van der Waals surface area (Å²) < 4.78 is 9.81. The molecule has 62 valence electrons. The molecule has 0 aliphatic heterocycles. The molecule has 0 amide bonds. The maximum Gasteiger partial charge on any atom is 0.171 e. The van der Waals surface area contributed by atoms with Crippen LogP contribution in [-0.2, 0) is 9.47 Å². The lowest BCUT2D eigenvalue weighted by atomic mass is 10.7. The molecule has 0 radical (unpaired) electrons. The molecule has 0 spiro atoms. The topological polar surface area (TPSA) is 38.7 Å². The van der Waals surface area contributed by atoms with Crippen molar-refractivity contribution in [3.63, 3.8) is 0 Å². The van der Waals surface area contributed by atoms with Crippen LogP contribution < -0.4 is 0 Å². The number of hydrogen-bond donors (Lipinski definition) is 1. The Kier molecular flexibility index (Phi) is 6.02. The molecule has 0 aliphatic carbocycles. The van der Waals surface area contributed by atoms with Crippen molar-refractivity contribution >= 4 is 11.6 Å². The van der Waals surface area contributed by atoms with E-state index < -0.39 is 12.6 Å². The predicted octanol–water partition coefficient (Wildman–Crippen LogP) is 0.943. The molecule has 0 saturated heterocycles. The summed E-state index contributed by atoms with van der Waals surface area (Å²) in [7, 11) is 0. The van der Waals surface area contributed by atoms with E-state index in [-0.39, 0.29) is 5.88 Å². The van der Waals surface area contributed by atoms with Crippen LogP contribution in [0.25, 0.3) is 0 Å². The second-order valence-corrected chi connectivity index (χ2v) is 2.08. The van der Waals surface area contributed by atoms with Crippen molar-refractivity contribution in [2.24, 2.45) is 0 Å². The Morgan fingerprint density at radius 3 is 2.60 bits per heavy atom. The van der Waals surface area contributed by atoms with Crippen molar-refractivity contribution in [1.29, 1.82) is 0 Å². The lowest BCUT2D eigenvalue weighted by Crippen LogP contribution is -2.22. The predicted molar refractivity (Wildman–Crippen MR) is 38.9 cm³/mol. The minimum absolute atomic E-state index is 0.0669. The van der Waals surface area contributed by atoms with Gasteiger partial charge >= 0.3 is 0 Å². The smallest absolute Gasteiger partial charge is 0.171 e. The van der Waals surface area contributed by atoms with Crippen LogP contribution in [0.1, 0.15) is 13.8 Å². The van der Waals surface area contributed by atoms with Gasteiger partial charge in [-0.1, -0.05) is 0 Å². The lowest BCUT2D eigenvalue weighted by molar-refractivity contribution is -0.209. The van der Waals surface area contributed by atoms with Crippen molar-refractivity contribution < 1.29 is 14.6 Å². The highest BCUT2D eigenvalue weighted by molar-refractivity contribution is 6.18. The van der Waals surface area contributed by atoms with Gasteiger partial charge in [-0.3, -0.25) is 0 Å². The molecule has 0 aliphatic rings. The molecular weight excluding hydrogens is 156 g/mol. The first-order valence-electron chi connectivity index (χ1n) is 3.21. The maximum atomic E-state index is 8.82. The highest BCUT2D eigenvalue weighted by Gasteiger charge is 2.07. The Bertz CT molecular complexity index is 79.4. The Labute approximate surface area is 65.9 Å². The number of alkyl halides is 1. The van der Waals surface area contributed by atoms with E-state index in [1.165, 1.54) is 0 Å². The monoisotopic (exact) mass is 168 g/mol. The van der Waals surface area contributed by atoms with Gasteiger partial charge in [0.25, 0.3) is 0 Å². The van der Waals surface area contributed by atoms with Gasteiger partial charge < -0.3 is 14.6 Å². The number of halogens is 1. The van der Waals surface area contributed by atoms with Crippen LogP contribution in [0, 0.1) is 0 Å². The standard InChI is InChI=1S/C6H13ClO3/c1-3-9-5(2)10-6(8)4-7/h5-6,8H,3-4H2,1-2H3. The largest absolute Gasteiger partial charge is 0.367 e. The summed E-state index contributed by atoms with van der Waals surface area (Å²) in [5.41, 5.74) is 0. The van der Waals surface area contributed by atoms with E-state index >= 15 is 0 Å². The first-order valence-corrected chi connectivity index (χ1v) is 3.75. The molecule has 4 heteroatoms. The van der Waals surface area contributed by atoms with Crippen LogP contribution in [0.15, 0.2) is 0 Å². The summed E-state index contributed by atoms with van der Waals surface area (Å²) in [6.45, 7) is 4.13. The number of ether oxygens (including phenoxy) is 2. The number of rotatable bonds is 5. The van der Waals surface area contributed by atoms with Gasteiger partial charge in [0.1, 0.15) is 0 Å². The van der Waals surface area contributed by atoms with Crippen LogP contribution in [0.2, 0.25) is 0 Å². The molecule has 0 heterocycles. The van der Waals surface area contributed by atoms with Crippen LogP contribution in [0.3, 0.4) is 0 Å². The molecule has 0 aromatic heterocycles. The number of aliphatic hydroxyl groups excluding tert-OH is 1. The minimum Gasteiger partial charge on any atom is -0.367 e. The summed E-state index contributed by atoms with van der Waals surface area (Å²) in [6, 6.07) is 0. The second kappa shape index (κ2) is 5.92. The van der Waals surface area contributed by atoms with Gasteiger partial charge in [0.05, 0.1) is 5.88 Å². The molecule has 2 atom stereocenters. The Balaban J connectivity index is 3.27. The quantitative estimate of drug-likeness (QED) is 0.491. The van der Waals surface area contributed by atoms with Gasteiger partial charge in [0.2, 0.25) is 0 Å². The highest BCUT2D eigenvalue weighted by atomic mass is 35.5. The fraction of sp³-hybridized carbons (Fsp3) is 1.00. The zero-order valence-corrected chi connectivity index (χ0v) is 6.97. The normalized spacial score (nSPS) is 16.8. The van der Waals surface area contributed by atoms with E-state index in [1.54, 1.807) is 6.92 Å². The Morgan fingerprint density at radius 1 is 1.60 bits per heavy atom. The molecule has 0 bridgehead atoms. The number of aliphatic hydroxyl groups is 1. The first-order chi connectivity index (χ1) is 4.70. The second-order valence-electron chi connectivity index (χ2n) is 1.77. The van der Waals surface area contributed by atoms with Crippen molar-refractivity contribution in [3.8, 4) is 0 Å². The van der Waals surface area contributed by atoms with E-state index in [1.807, 2.05) is 6.92 Å². The average molecular weight is 169 g/mol. The van der Waals surface area contributed by atoms with Gasteiger partial charge in [-0.15, -0.1) is 11.6 Å². The zero-order chi connectivity index (χ0) is 7.98. The molecule has 0 rings (SSSR count). The molecule has 0 saturated carbocycles. The van der Waals surface area contributed by atoms with Gasteiger partial charge in [0.15, 0.2) is 12.6 Å². The Hall–Kier alpha value is 0.170. The van der Waals surface area contributed by atoms with E-state index in [0.29, 0.717) is 6.61 Å². The molecule has 1 N–H and O–H groups in total. The van der Waals surface area contributed by atoms with E-state index in [4.69, 9.17) is 26.2 Å². The van der Waals surface area contributed by atoms with E-state index in [2.05, 4.69) is 0 Å². The summed E-state index contributed by atoms with van der Waals surface area (Å²) in [5.74, 6) is 0.0669. The fourth-order valence-electron chi connectivity index (χ4n) is 0.532. The van der Waals surface area contributed by atoms with Crippen LogP contribution in [0.5, 0.6) is 0 Å². The summed E-state index contributed by atoms with van der Waals surface area (Å²) in [6.07, 6.45) is -1.32. The summed E-state index contributed by atoms with van der Waals surface area (Å²) >= 11 is 5.27. The molecule has 0 aromatic rings. The number of hydrogen-bond acceptors (Lipinski definition) is 3. The Morgan fingerprint density at radius 2 is 2.20 bits per heavy atom. The minimum atomic E-state index is -0.928. The van der Waals surface area contributed by atoms with Crippen molar-refractivity contribution in [1.82, 2.24) is 0 Å².